The third-order valence-electron chi connectivity index (χ3n) is 6.38. The minimum absolute atomic E-state index is 0.208. The van der Waals surface area contributed by atoms with E-state index in [9.17, 15) is 0 Å². The Kier molecular flexibility index (Phi) is 6.22. The van der Waals surface area contributed by atoms with Crippen LogP contribution in [-0.2, 0) is 5.54 Å². The zero-order chi connectivity index (χ0) is 22.9. The van der Waals surface area contributed by atoms with Gasteiger partial charge in [0.2, 0.25) is 6.23 Å². The molecule has 172 valence electrons. The Hall–Kier alpha value is -2.52. The number of tetrazole rings is 1. The standard InChI is InChI=1S/C22H31ClN8O/c1-21(2,3)18(31-20(26-27-28-31)22(29(4)5)12-6-7-13-22)19(30-15-24-14-25-30)32-17-10-8-16(23)9-11-17/h8-11,14-15,18-19H,6-7,12-13H2,1-5H3. The molecule has 9 nitrogen and oxygen atoms in total. The fraction of sp³-hybridized carbons (Fsp3) is 0.591. The molecule has 2 heterocycles. The smallest absolute Gasteiger partial charge is 0.215 e. The van der Waals surface area contributed by atoms with Crippen LogP contribution in [0.2, 0.25) is 5.02 Å². The molecule has 1 aliphatic carbocycles. The highest BCUT2D eigenvalue weighted by atomic mass is 35.5. The van der Waals surface area contributed by atoms with E-state index < -0.39 is 6.23 Å². The van der Waals surface area contributed by atoms with Gasteiger partial charge in [0.25, 0.3) is 0 Å². The lowest BCUT2D eigenvalue weighted by atomic mass is 9.84. The first-order valence-electron chi connectivity index (χ1n) is 10.9. The summed E-state index contributed by atoms with van der Waals surface area (Å²) in [7, 11) is 4.21. The highest BCUT2D eigenvalue weighted by molar-refractivity contribution is 6.30. The number of ether oxygens (including phenoxy) is 1. The number of hydrogen-bond donors (Lipinski definition) is 0. The highest BCUT2D eigenvalue weighted by Crippen LogP contribution is 2.46. The zero-order valence-corrected chi connectivity index (χ0v) is 20.1. The van der Waals surface area contributed by atoms with Gasteiger partial charge in [-0.1, -0.05) is 45.2 Å². The second-order valence-electron chi connectivity index (χ2n) is 9.73. The van der Waals surface area contributed by atoms with Gasteiger partial charge in [0, 0.05) is 5.02 Å². The van der Waals surface area contributed by atoms with Gasteiger partial charge >= 0.3 is 0 Å². The summed E-state index contributed by atoms with van der Waals surface area (Å²) in [5.41, 5.74) is -0.473. The predicted molar refractivity (Wildman–Crippen MR) is 121 cm³/mol. The Morgan fingerprint density at radius 3 is 2.38 bits per heavy atom. The molecule has 32 heavy (non-hydrogen) atoms. The topological polar surface area (TPSA) is 86.8 Å². The molecule has 4 rings (SSSR count). The van der Waals surface area contributed by atoms with E-state index in [1.54, 1.807) is 11.0 Å². The number of rotatable bonds is 7. The van der Waals surface area contributed by atoms with Gasteiger partial charge in [-0.2, -0.15) is 5.10 Å². The lowest BCUT2D eigenvalue weighted by Crippen LogP contribution is -2.45. The van der Waals surface area contributed by atoms with E-state index in [2.05, 4.69) is 65.4 Å². The Labute approximate surface area is 193 Å². The summed E-state index contributed by atoms with van der Waals surface area (Å²) in [6.45, 7) is 6.49. The maximum atomic E-state index is 6.51. The predicted octanol–water partition coefficient (Wildman–Crippen LogP) is 4.11. The molecule has 3 aromatic rings. The monoisotopic (exact) mass is 458 g/mol. The SMILES string of the molecule is CN(C)C1(c2nnnn2C(C(Oc2ccc(Cl)cc2)n2cncn2)C(C)(C)C)CCCC1. The van der Waals surface area contributed by atoms with Crippen LogP contribution in [0.4, 0.5) is 0 Å². The lowest BCUT2D eigenvalue weighted by Gasteiger charge is -2.40. The van der Waals surface area contributed by atoms with E-state index in [0.717, 1.165) is 31.5 Å². The average Bonchev–Trinajstić information content (AvgIpc) is 3.49. The van der Waals surface area contributed by atoms with E-state index in [4.69, 9.17) is 16.3 Å². The first-order valence-corrected chi connectivity index (χ1v) is 11.3. The highest BCUT2D eigenvalue weighted by Gasteiger charge is 2.47. The molecular formula is C22H31ClN8O. The molecule has 0 aliphatic heterocycles. The first kappa shape index (κ1) is 22.7. The normalized spacial score (nSPS) is 18.1. The fourth-order valence-corrected chi connectivity index (χ4v) is 4.82. The Balaban J connectivity index is 1.83. The van der Waals surface area contributed by atoms with Crippen molar-refractivity contribution in [3.8, 4) is 5.75 Å². The minimum atomic E-state index is -0.526. The van der Waals surface area contributed by atoms with Gasteiger partial charge in [-0.15, -0.1) is 5.10 Å². The van der Waals surface area contributed by atoms with Gasteiger partial charge < -0.3 is 4.74 Å². The van der Waals surface area contributed by atoms with Crippen LogP contribution in [0.1, 0.15) is 64.5 Å². The molecule has 1 fully saturated rings. The first-order chi connectivity index (χ1) is 15.2. The number of aromatic nitrogens is 7. The molecule has 0 saturated heterocycles. The maximum absolute atomic E-state index is 6.51. The minimum Gasteiger partial charge on any atom is -0.466 e. The van der Waals surface area contributed by atoms with E-state index in [0.29, 0.717) is 10.8 Å². The zero-order valence-electron chi connectivity index (χ0n) is 19.3. The molecular weight excluding hydrogens is 428 g/mol. The van der Waals surface area contributed by atoms with Gasteiger partial charge in [-0.25, -0.2) is 14.3 Å². The largest absolute Gasteiger partial charge is 0.466 e. The third kappa shape index (κ3) is 4.23. The van der Waals surface area contributed by atoms with Crippen LogP contribution in [0.5, 0.6) is 5.75 Å². The van der Waals surface area contributed by atoms with Crippen LogP contribution >= 0.6 is 11.6 Å². The summed E-state index contributed by atoms with van der Waals surface area (Å²) < 4.78 is 10.2. The van der Waals surface area contributed by atoms with E-state index in [1.807, 2.05) is 28.9 Å². The van der Waals surface area contributed by atoms with Gasteiger partial charge in [0.05, 0.1) is 5.54 Å². The van der Waals surface area contributed by atoms with Crippen molar-refractivity contribution in [3.63, 3.8) is 0 Å². The van der Waals surface area contributed by atoms with Crippen LogP contribution in [0, 0.1) is 5.41 Å². The molecule has 0 radical (unpaired) electrons. The number of hydrogen-bond acceptors (Lipinski definition) is 7. The van der Waals surface area contributed by atoms with Crippen LogP contribution in [0.3, 0.4) is 0 Å². The maximum Gasteiger partial charge on any atom is 0.215 e. The molecule has 2 aromatic heterocycles. The second kappa shape index (κ2) is 8.78. The van der Waals surface area contributed by atoms with E-state index >= 15 is 0 Å². The van der Waals surface area contributed by atoms with Crippen LogP contribution < -0.4 is 4.74 Å². The summed E-state index contributed by atoms with van der Waals surface area (Å²) in [6, 6.07) is 7.06. The number of nitrogens with zero attached hydrogens (tertiary/aromatic N) is 8. The molecule has 0 N–H and O–H groups in total. The Bertz CT molecular complexity index is 1000. The summed E-state index contributed by atoms with van der Waals surface area (Å²) in [5, 5.41) is 18.3. The van der Waals surface area contributed by atoms with Gasteiger partial charge in [-0.05, 0) is 67.0 Å². The average molecular weight is 459 g/mol. The van der Waals surface area contributed by atoms with Crippen molar-refractivity contribution < 1.29 is 4.74 Å². The van der Waals surface area contributed by atoms with Crippen molar-refractivity contribution in [1.82, 2.24) is 39.9 Å². The van der Waals surface area contributed by atoms with Crippen LogP contribution in [0.15, 0.2) is 36.9 Å². The summed E-state index contributed by atoms with van der Waals surface area (Å²) >= 11 is 6.08. The molecule has 0 bridgehead atoms. The van der Waals surface area contributed by atoms with Crippen molar-refractivity contribution in [3.05, 3.63) is 47.8 Å². The van der Waals surface area contributed by atoms with Crippen LogP contribution in [0.25, 0.3) is 0 Å². The number of halogens is 1. The molecule has 0 amide bonds. The van der Waals surface area contributed by atoms with Crippen LogP contribution in [-0.4, -0.2) is 54.0 Å². The molecule has 2 atom stereocenters. The fourth-order valence-electron chi connectivity index (χ4n) is 4.70. The Morgan fingerprint density at radius 1 is 1.12 bits per heavy atom. The van der Waals surface area contributed by atoms with Gasteiger partial charge in [0.1, 0.15) is 24.4 Å². The van der Waals surface area contributed by atoms with Crippen molar-refractivity contribution in [1.29, 1.82) is 0 Å². The molecule has 1 aromatic carbocycles. The molecule has 1 saturated carbocycles. The summed E-state index contributed by atoms with van der Waals surface area (Å²) in [6.07, 6.45) is 6.99. The second-order valence-corrected chi connectivity index (χ2v) is 10.2. The molecule has 10 heteroatoms. The molecule has 1 aliphatic rings. The summed E-state index contributed by atoms with van der Waals surface area (Å²) in [4.78, 5) is 6.42. The molecule has 0 spiro atoms. The molecule has 2 unspecified atom stereocenters. The van der Waals surface area contributed by atoms with Crippen molar-refractivity contribution >= 4 is 11.6 Å². The van der Waals surface area contributed by atoms with Gasteiger partial charge in [-0.3, -0.25) is 4.90 Å². The van der Waals surface area contributed by atoms with E-state index in [-0.39, 0.29) is 17.0 Å². The van der Waals surface area contributed by atoms with Gasteiger partial charge in [0.15, 0.2) is 5.82 Å². The quantitative estimate of drug-likeness (QED) is 0.526. The lowest BCUT2D eigenvalue weighted by molar-refractivity contribution is -0.00585. The van der Waals surface area contributed by atoms with Crippen molar-refractivity contribution in [2.45, 2.75) is 64.3 Å². The third-order valence-corrected chi connectivity index (χ3v) is 6.64. The Morgan fingerprint density at radius 2 is 1.81 bits per heavy atom. The summed E-state index contributed by atoms with van der Waals surface area (Å²) in [5.74, 6) is 1.55. The van der Waals surface area contributed by atoms with E-state index in [1.165, 1.54) is 6.33 Å². The van der Waals surface area contributed by atoms with Crippen molar-refractivity contribution in [2.24, 2.45) is 5.41 Å². The van der Waals surface area contributed by atoms with Crippen molar-refractivity contribution in [2.75, 3.05) is 14.1 Å². The number of benzene rings is 1.